The van der Waals surface area contributed by atoms with Crippen LogP contribution >= 0.6 is 11.6 Å². The zero-order valence-electron chi connectivity index (χ0n) is 10.4. The Morgan fingerprint density at radius 2 is 1.81 bits per heavy atom. The van der Waals surface area contributed by atoms with Crippen LogP contribution in [0.1, 0.15) is 20.7 Å². The van der Waals surface area contributed by atoms with Crippen LogP contribution in [0, 0.1) is 5.82 Å². The van der Waals surface area contributed by atoms with E-state index in [1.54, 1.807) is 0 Å². The zero-order chi connectivity index (χ0) is 15.6. The Morgan fingerprint density at radius 3 is 2.48 bits per heavy atom. The standard InChI is InChI=1S/C14H9ClFNO4/c15-11-3-2-8(18)6-9(11)13(19)17-12-4-1-7(16)5-10(12)14(20)21/h1-6,18H,(H,17,19)(H,20,21). The summed E-state index contributed by atoms with van der Waals surface area (Å²) in [6, 6.07) is 6.72. The highest BCUT2D eigenvalue weighted by molar-refractivity contribution is 6.34. The molecule has 0 aliphatic carbocycles. The number of benzene rings is 2. The van der Waals surface area contributed by atoms with E-state index in [0.717, 1.165) is 24.3 Å². The highest BCUT2D eigenvalue weighted by atomic mass is 35.5. The number of carbonyl (C=O) groups excluding carboxylic acids is 1. The smallest absolute Gasteiger partial charge is 0.337 e. The number of hydrogen-bond donors (Lipinski definition) is 3. The second-order valence-electron chi connectivity index (χ2n) is 4.11. The summed E-state index contributed by atoms with van der Waals surface area (Å²) in [7, 11) is 0. The molecule has 0 radical (unpaired) electrons. The molecule has 0 aromatic heterocycles. The van der Waals surface area contributed by atoms with E-state index in [-0.39, 0.29) is 27.6 Å². The molecule has 0 bridgehead atoms. The van der Waals surface area contributed by atoms with Crippen molar-refractivity contribution in [2.75, 3.05) is 5.32 Å². The molecule has 0 atom stereocenters. The van der Waals surface area contributed by atoms with Crippen molar-refractivity contribution >= 4 is 29.2 Å². The molecule has 1 amide bonds. The largest absolute Gasteiger partial charge is 0.508 e. The molecule has 0 aliphatic heterocycles. The number of carbonyl (C=O) groups is 2. The van der Waals surface area contributed by atoms with Gasteiger partial charge in [0.25, 0.3) is 5.91 Å². The van der Waals surface area contributed by atoms with Gasteiger partial charge in [0.05, 0.1) is 21.8 Å². The Morgan fingerprint density at radius 1 is 1.10 bits per heavy atom. The van der Waals surface area contributed by atoms with Gasteiger partial charge in [0.15, 0.2) is 0 Å². The van der Waals surface area contributed by atoms with Crippen molar-refractivity contribution < 1.29 is 24.2 Å². The lowest BCUT2D eigenvalue weighted by molar-refractivity contribution is 0.0697. The van der Waals surface area contributed by atoms with Gasteiger partial charge in [-0.05, 0) is 36.4 Å². The van der Waals surface area contributed by atoms with Gasteiger partial charge in [-0.2, -0.15) is 0 Å². The van der Waals surface area contributed by atoms with Gasteiger partial charge < -0.3 is 15.5 Å². The van der Waals surface area contributed by atoms with Gasteiger partial charge in [0.1, 0.15) is 11.6 Å². The summed E-state index contributed by atoms with van der Waals surface area (Å²) in [5.74, 6) is -3.00. The number of carboxylic acids is 1. The number of anilines is 1. The maximum atomic E-state index is 13.1. The summed E-state index contributed by atoms with van der Waals surface area (Å²) in [6.07, 6.45) is 0. The number of carboxylic acid groups (broad SMARTS) is 1. The van der Waals surface area contributed by atoms with Gasteiger partial charge in [-0.3, -0.25) is 4.79 Å². The van der Waals surface area contributed by atoms with Crippen molar-refractivity contribution in [2.24, 2.45) is 0 Å². The van der Waals surface area contributed by atoms with Gasteiger partial charge in [0.2, 0.25) is 0 Å². The lowest BCUT2D eigenvalue weighted by Gasteiger charge is -2.10. The summed E-state index contributed by atoms with van der Waals surface area (Å²) in [6.45, 7) is 0. The molecular formula is C14H9ClFNO4. The van der Waals surface area contributed by atoms with Crippen LogP contribution in [0.15, 0.2) is 36.4 Å². The summed E-state index contributed by atoms with van der Waals surface area (Å²) in [5, 5.41) is 20.7. The van der Waals surface area contributed by atoms with Crippen molar-refractivity contribution in [3.63, 3.8) is 0 Å². The molecule has 0 spiro atoms. The van der Waals surface area contributed by atoms with Crippen LogP contribution in [0.4, 0.5) is 10.1 Å². The minimum atomic E-state index is -1.38. The molecule has 0 saturated heterocycles. The number of phenols is 1. The molecular weight excluding hydrogens is 301 g/mol. The SMILES string of the molecule is O=C(Nc1ccc(F)cc1C(=O)O)c1cc(O)ccc1Cl. The lowest BCUT2D eigenvalue weighted by Crippen LogP contribution is -2.15. The van der Waals surface area contributed by atoms with Crippen molar-refractivity contribution in [3.05, 3.63) is 58.4 Å². The van der Waals surface area contributed by atoms with Crippen LogP contribution in [0.2, 0.25) is 5.02 Å². The maximum absolute atomic E-state index is 13.1. The van der Waals surface area contributed by atoms with Crippen LogP contribution in [0.25, 0.3) is 0 Å². The molecule has 2 rings (SSSR count). The number of halogens is 2. The number of aromatic carboxylic acids is 1. The molecule has 21 heavy (non-hydrogen) atoms. The second kappa shape index (κ2) is 5.80. The minimum Gasteiger partial charge on any atom is -0.508 e. The third-order valence-corrected chi connectivity index (χ3v) is 2.98. The molecule has 7 heteroatoms. The zero-order valence-corrected chi connectivity index (χ0v) is 11.2. The number of phenolic OH excluding ortho intramolecular Hbond substituents is 1. The summed E-state index contributed by atoms with van der Waals surface area (Å²) in [4.78, 5) is 23.1. The topological polar surface area (TPSA) is 86.6 Å². The third kappa shape index (κ3) is 3.29. The number of hydrogen-bond acceptors (Lipinski definition) is 3. The minimum absolute atomic E-state index is 0.0302. The normalized spacial score (nSPS) is 10.2. The molecule has 3 N–H and O–H groups in total. The maximum Gasteiger partial charge on any atom is 0.337 e. The number of nitrogens with one attached hydrogen (secondary N) is 1. The van der Waals surface area contributed by atoms with Gasteiger partial charge in [-0.15, -0.1) is 0 Å². The first-order valence-electron chi connectivity index (χ1n) is 5.71. The molecule has 0 saturated carbocycles. The van der Waals surface area contributed by atoms with E-state index in [4.69, 9.17) is 16.7 Å². The summed E-state index contributed by atoms with van der Waals surface area (Å²) < 4.78 is 13.1. The Bertz CT molecular complexity index is 733. The van der Waals surface area contributed by atoms with Gasteiger partial charge >= 0.3 is 5.97 Å². The van der Waals surface area contributed by atoms with E-state index in [9.17, 15) is 19.1 Å². The van der Waals surface area contributed by atoms with Crippen LogP contribution in [0.5, 0.6) is 5.75 Å². The van der Waals surface area contributed by atoms with E-state index in [0.29, 0.717) is 0 Å². The molecule has 0 heterocycles. The molecule has 0 fully saturated rings. The van der Waals surface area contributed by atoms with Crippen molar-refractivity contribution in [1.82, 2.24) is 0 Å². The van der Waals surface area contributed by atoms with Crippen LogP contribution < -0.4 is 5.32 Å². The van der Waals surface area contributed by atoms with Crippen LogP contribution in [-0.4, -0.2) is 22.1 Å². The van der Waals surface area contributed by atoms with Crippen LogP contribution in [0.3, 0.4) is 0 Å². The quantitative estimate of drug-likeness (QED) is 0.813. The molecule has 5 nitrogen and oxygen atoms in total. The predicted molar refractivity (Wildman–Crippen MR) is 74.4 cm³/mol. The lowest BCUT2D eigenvalue weighted by atomic mass is 10.1. The molecule has 0 unspecified atom stereocenters. The first-order valence-corrected chi connectivity index (χ1v) is 6.09. The van der Waals surface area contributed by atoms with Crippen molar-refractivity contribution in [3.8, 4) is 5.75 Å². The van der Waals surface area contributed by atoms with Gasteiger partial charge in [0, 0.05) is 0 Å². The highest BCUT2D eigenvalue weighted by Crippen LogP contribution is 2.24. The van der Waals surface area contributed by atoms with E-state index >= 15 is 0 Å². The van der Waals surface area contributed by atoms with Crippen molar-refractivity contribution in [2.45, 2.75) is 0 Å². The fourth-order valence-electron chi connectivity index (χ4n) is 1.68. The van der Waals surface area contributed by atoms with E-state index < -0.39 is 17.7 Å². The average molecular weight is 310 g/mol. The first kappa shape index (κ1) is 14.8. The Kier molecular flexibility index (Phi) is 4.09. The Balaban J connectivity index is 2.36. The van der Waals surface area contributed by atoms with Gasteiger partial charge in [-0.1, -0.05) is 11.6 Å². The van der Waals surface area contributed by atoms with Crippen LogP contribution in [-0.2, 0) is 0 Å². The fourth-order valence-corrected chi connectivity index (χ4v) is 1.88. The van der Waals surface area contributed by atoms with E-state index in [1.165, 1.54) is 12.1 Å². The molecule has 2 aromatic rings. The molecule has 2 aromatic carbocycles. The van der Waals surface area contributed by atoms with Crippen molar-refractivity contribution in [1.29, 1.82) is 0 Å². The number of aromatic hydroxyl groups is 1. The Hall–Kier alpha value is -2.60. The fraction of sp³-hybridized carbons (Fsp3) is 0. The monoisotopic (exact) mass is 309 g/mol. The second-order valence-corrected chi connectivity index (χ2v) is 4.52. The Labute approximate surface area is 123 Å². The predicted octanol–water partition coefficient (Wildman–Crippen LogP) is 3.14. The molecule has 108 valence electrons. The third-order valence-electron chi connectivity index (χ3n) is 2.65. The highest BCUT2D eigenvalue weighted by Gasteiger charge is 2.16. The van der Waals surface area contributed by atoms with E-state index in [1.807, 2.05) is 0 Å². The number of rotatable bonds is 3. The van der Waals surface area contributed by atoms with Gasteiger partial charge in [-0.25, -0.2) is 9.18 Å². The summed E-state index contributed by atoms with van der Waals surface area (Å²) in [5.41, 5.74) is -0.495. The average Bonchev–Trinajstić information content (AvgIpc) is 2.43. The molecule has 0 aliphatic rings. The summed E-state index contributed by atoms with van der Waals surface area (Å²) >= 11 is 5.84. The first-order chi connectivity index (χ1) is 9.88. The number of amides is 1. The van der Waals surface area contributed by atoms with E-state index in [2.05, 4.69) is 5.32 Å².